The highest BCUT2D eigenvalue weighted by molar-refractivity contribution is 5.90. The highest BCUT2D eigenvalue weighted by Crippen LogP contribution is 2.31. The van der Waals surface area contributed by atoms with Crippen LogP contribution in [0, 0.1) is 0 Å². The van der Waals surface area contributed by atoms with Crippen molar-refractivity contribution in [3.63, 3.8) is 0 Å². The van der Waals surface area contributed by atoms with Crippen LogP contribution >= 0.6 is 0 Å². The van der Waals surface area contributed by atoms with Crippen LogP contribution in [0.15, 0.2) is 60.4 Å². The fourth-order valence-corrected chi connectivity index (χ4v) is 3.17. The summed E-state index contributed by atoms with van der Waals surface area (Å²) in [6.45, 7) is 4.53. The van der Waals surface area contributed by atoms with Gasteiger partial charge in [-0.2, -0.15) is 0 Å². The van der Waals surface area contributed by atoms with Crippen molar-refractivity contribution in [3.05, 3.63) is 71.5 Å². The monoisotopic (exact) mass is 360 g/mol. The molecule has 0 aliphatic heterocycles. The van der Waals surface area contributed by atoms with E-state index in [4.69, 9.17) is 4.74 Å². The van der Waals surface area contributed by atoms with E-state index in [-0.39, 0.29) is 5.76 Å². The molecule has 2 nitrogen and oxygen atoms in total. The summed E-state index contributed by atoms with van der Waals surface area (Å²) in [5.74, 6) is -2.02. The smallest absolute Gasteiger partial charge is 0.343 e. The fraction of sp³-hybridized carbons (Fsp3) is 0.409. The number of ether oxygens (including phenoxy) is 1. The molecular weight excluding hydrogens is 334 g/mol. The molecule has 0 atom stereocenters. The van der Waals surface area contributed by atoms with E-state index in [1.165, 1.54) is 50.5 Å². The van der Waals surface area contributed by atoms with E-state index < -0.39 is 17.6 Å². The second-order valence-corrected chi connectivity index (χ2v) is 6.73. The molecule has 1 aliphatic carbocycles. The number of halogens is 2. The molecule has 0 amide bonds. The Balaban J connectivity index is 1.95. The minimum atomic E-state index is -1.02. The van der Waals surface area contributed by atoms with Gasteiger partial charge in [0.1, 0.15) is 11.6 Å². The summed E-state index contributed by atoms with van der Waals surface area (Å²) >= 11 is 0. The molecule has 140 valence electrons. The fourth-order valence-electron chi connectivity index (χ4n) is 3.17. The summed E-state index contributed by atoms with van der Waals surface area (Å²) in [4.78, 5) is 12.1. The lowest BCUT2D eigenvalue weighted by atomic mass is 9.86. The number of rotatable bonds is 5. The van der Waals surface area contributed by atoms with Gasteiger partial charge in [0.25, 0.3) is 0 Å². The average Bonchev–Trinajstić information content (AvgIpc) is 2.59. The third-order valence-electron chi connectivity index (χ3n) is 4.69. The van der Waals surface area contributed by atoms with E-state index in [9.17, 15) is 13.6 Å². The van der Waals surface area contributed by atoms with Gasteiger partial charge in [-0.05, 0) is 55.5 Å². The molecule has 2 rings (SSSR count). The first-order valence-corrected chi connectivity index (χ1v) is 9.18. The Bertz CT molecular complexity index is 675. The maximum absolute atomic E-state index is 13.1. The van der Waals surface area contributed by atoms with Crippen molar-refractivity contribution in [2.75, 3.05) is 0 Å². The normalized spacial score (nSPS) is 17.3. The number of allylic oxidation sites excluding steroid dienone is 4. The van der Waals surface area contributed by atoms with Crippen molar-refractivity contribution >= 4 is 5.97 Å². The standard InChI is InChI=1S/C22H26F2O2/c1-16(10-15-21(24)17(2)23)26-22(25)20-13-11-19(12-14-20)18-8-6-4-3-5-7-9-18/h10-15,18H,1,3-9H2,2H3/b15-10-,21-17-. The van der Waals surface area contributed by atoms with Gasteiger partial charge >= 0.3 is 5.97 Å². The molecule has 1 fully saturated rings. The lowest BCUT2D eigenvalue weighted by Crippen LogP contribution is -2.06. The molecular formula is C22H26F2O2. The van der Waals surface area contributed by atoms with Crippen LogP contribution in [0.5, 0.6) is 0 Å². The van der Waals surface area contributed by atoms with Crippen LogP contribution in [0.25, 0.3) is 0 Å². The molecule has 0 radical (unpaired) electrons. The van der Waals surface area contributed by atoms with Gasteiger partial charge in [-0.1, -0.05) is 50.8 Å². The summed E-state index contributed by atoms with van der Waals surface area (Å²) in [6.07, 6.45) is 10.8. The minimum absolute atomic E-state index is 0.0458. The van der Waals surface area contributed by atoms with E-state index >= 15 is 0 Å². The summed E-state index contributed by atoms with van der Waals surface area (Å²) < 4.78 is 30.7. The Kier molecular flexibility index (Phi) is 7.76. The van der Waals surface area contributed by atoms with Crippen molar-refractivity contribution in [1.29, 1.82) is 0 Å². The lowest BCUT2D eigenvalue weighted by Gasteiger charge is -2.20. The average molecular weight is 360 g/mol. The van der Waals surface area contributed by atoms with Crippen molar-refractivity contribution in [2.24, 2.45) is 0 Å². The van der Waals surface area contributed by atoms with Gasteiger partial charge in [-0.25, -0.2) is 13.6 Å². The Labute approximate surface area is 154 Å². The zero-order chi connectivity index (χ0) is 18.9. The minimum Gasteiger partial charge on any atom is -0.424 e. The van der Waals surface area contributed by atoms with Crippen molar-refractivity contribution < 1.29 is 18.3 Å². The van der Waals surface area contributed by atoms with Gasteiger partial charge < -0.3 is 4.74 Å². The molecule has 1 aromatic carbocycles. The second-order valence-electron chi connectivity index (χ2n) is 6.73. The summed E-state index contributed by atoms with van der Waals surface area (Å²) in [6, 6.07) is 7.46. The summed E-state index contributed by atoms with van der Waals surface area (Å²) in [7, 11) is 0. The third kappa shape index (κ3) is 6.25. The molecule has 0 saturated heterocycles. The highest BCUT2D eigenvalue weighted by atomic mass is 19.2. The number of carbonyl (C=O) groups excluding carboxylic acids is 1. The second kappa shape index (κ2) is 10.0. The molecule has 26 heavy (non-hydrogen) atoms. The quantitative estimate of drug-likeness (QED) is 0.324. The van der Waals surface area contributed by atoms with E-state index in [1.54, 1.807) is 12.1 Å². The van der Waals surface area contributed by atoms with Gasteiger partial charge in [0.15, 0.2) is 5.83 Å². The molecule has 0 heterocycles. The van der Waals surface area contributed by atoms with Crippen molar-refractivity contribution in [3.8, 4) is 0 Å². The molecule has 4 heteroatoms. The lowest BCUT2D eigenvalue weighted by molar-refractivity contribution is 0.0638. The van der Waals surface area contributed by atoms with Gasteiger partial charge in [0, 0.05) is 0 Å². The van der Waals surface area contributed by atoms with E-state index in [0.717, 1.165) is 19.1 Å². The number of benzene rings is 1. The maximum atomic E-state index is 13.1. The van der Waals surface area contributed by atoms with Gasteiger partial charge in [-0.3, -0.25) is 0 Å². The predicted molar refractivity (Wildman–Crippen MR) is 100 cm³/mol. The largest absolute Gasteiger partial charge is 0.424 e. The predicted octanol–water partition coefficient (Wildman–Crippen LogP) is 6.91. The molecule has 1 aromatic rings. The first-order chi connectivity index (χ1) is 12.5. The summed E-state index contributed by atoms with van der Waals surface area (Å²) in [5, 5.41) is 0. The van der Waals surface area contributed by atoms with Crippen molar-refractivity contribution in [1.82, 2.24) is 0 Å². The number of esters is 1. The van der Waals surface area contributed by atoms with Crippen LogP contribution in [-0.2, 0) is 4.74 Å². The number of carbonyl (C=O) groups is 1. The summed E-state index contributed by atoms with van der Waals surface area (Å²) in [5.41, 5.74) is 1.67. The van der Waals surface area contributed by atoms with Crippen LogP contribution in [0.2, 0.25) is 0 Å². The number of hydrogen-bond acceptors (Lipinski definition) is 2. The highest BCUT2D eigenvalue weighted by Gasteiger charge is 2.15. The van der Waals surface area contributed by atoms with E-state index in [0.29, 0.717) is 11.5 Å². The zero-order valence-corrected chi connectivity index (χ0v) is 15.3. The van der Waals surface area contributed by atoms with Gasteiger partial charge in [-0.15, -0.1) is 0 Å². The van der Waals surface area contributed by atoms with Crippen LogP contribution in [0.3, 0.4) is 0 Å². The van der Waals surface area contributed by atoms with Crippen LogP contribution < -0.4 is 0 Å². The van der Waals surface area contributed by atoms with E-state index in [1.807, 2.05) is 12.1 Å². The first-order valence-electron chi connectivity index (χ1n) is 9.18. The van der Waals surface area contributed by atoms with Crippen LogP contribution in [0.1, 0.15) is 73.7 Å². The Morgan fingerprint density at radius 1 is 1.04 bits per heavy atom. The van der Waals surface area contributed by atoms with Gasteiger partial charge in [0.05, 0.1) is 5.56 Å². The first kappa shape index (κ1) is 20.1. The Morgan fingerprint density at radius 3 is 2.19 bits per heavy atom. The molecule has 0 aromatic heterocycles. The zero-order valence-electron chi connectivity index (χ0n) is 15.3. The van der Waals surface area contributed by atoms with Crippen LogP contribution in [0.4, 0.5) is 8.78 Å². The van der Waals surface area contributed by atoms with E-state index in [2.05, 4.69) is 6.58 Å². The van der Waals surface area contributed by atoms with Gasteiger partial charge in [0.2, 0.25) is 0 Å². The third-order valence-corrected chi connectivity index (χ3v) is 4.69. The molecule has 0 bridgehead atoms. The Hall–Kier alpha value is -2.23. The molecule has 0 N–H and O–H groups in total. The SMILES string of the molecule is C=C(/C=C\C(F)=C(/C)F)OC(=O)c1ccc(C2CCCCCCC2)cc1. The Morgan fingerprint density at radius 2 is 1.62 bits per heavy atom. The molecule has 0 unspecified atom stereocenters. The molecule has 0 spiro atoms. The maximum Gasteiger partial charge on any atom is 0.343 e. The number of hydrogen-bond donors (Lipinski definition) is 0. The molecule has 1 saturated carbocycles. The topological polar surface area (TPSA) is 26.3 Å². The molecule has 1 aliphatic rings. The van der Waals surface area contributed by atoms with Crippen LogP contribution in [-0.4, -0.2) is 5.97 Å². The van der Waals surface area contributed by atoms with Crippen molar-refractivity contribution in [2.45, 2.75) is 57.8 Å².